The minimum absolute atomic E-state index is 0.0414. The number of rotatable bonds is 3. The van der Waals surface area contributed by atoms with Crippen molar-refractivity contribution < 1.29 is 24.2 Å². The summed E-state index contributed by atoms with van der Waals surface area (Å²) in [5, 5.41) is 9.36. The maximum Gasteiger partial charge on any atom is 0.308 e. The van der Waals surface area contributed by atoms with Crippen molar-refractivity contribution >= 4 is 11.9 Å². The molecule has 0 spiro atoms. The minimum Gasteiger partial charge on any atom is -0.497 e. The molecule has 3 heterocycles. The monoisotopic (exact) mass is 331 g/mol. The molecule has 2 bridgehead atoms. The quantitative estimate of drug-likeness (QED) is 0.912. The Morgan fingerprint density at radius 1 is 1.33 bits per heavy atom. The summed E-state index contributed by atoms with van der Waals surface area (Å²) in [6.45, 7) is 0.353. The first kappa shape index (κ1) is 15.3. The first-order valence-corrected chi connectivity index (χ1v) is 8.43. The van der Waals surface area contributed by atoms with Gasteiger partial charge < -0.3 is 19.5 Å². The van der Waals surface area contributed by atoms with E-state index in [1.165, 1.54) is 0 Å². The standard InChI is InChI=1S/C18H21NO5/c1-23-13-3-5-16-10(7-13)6-11(9-24-16)17(20)19-12-2-4-15(19)14(8-12)18(21)22/h3,5,7,11-12,14-15H,2,4,6,8-9H2,1H3,(H,21,22). The van der Waals surface area contributed by atoms with Crippen LogP contribution in [0.1, 0.15) is 24.8 Å². The van der Waals surface area contributed by atoms with Gasteiger partial charge in [0.25, 0.3) is 0 Å². The lowest BCUT2D eigenvalue weighted by Crippen LogP contribution is -2.44. The highest BCUT2D eigenvalue weighted by Gasteiger charge is 2.52. The van der Waals surface area contributed by atoms with Crippen LogP contribution in [0.2, 0.25) is 0 Å². The summed E-state index contributed by atoms with van der Waals surface area (Å²) in [4.78, 5) is 26.3. The van der Waals surface area contributed by atoms with E-state index in [2.05, 4.69) is 0 Å². The SMILES string of the molecule is COc1ccc2c(c1)CC(C(=O)N1C3CCC1C(C(=O)O)C3)CO2. The Kier molecular flexibility index (Phi) is 3.62. The molecule has 2 saturated heterocycles. The van der Waals surface area contributed by atoms with Crippen LogP contribution in [-0.2, 0) is 16.0 Å². The Bertz CT molecular complexity index is 688. The number of carbonyl (C=O) groups is 2. The molecule has 3 aliphatic heterocycles. The lowest BCUT2D eigenvalue weighted by Gasteiger charge is -2.31. The maximum atomic E-state index is 13.0. The van der Waals surface area contributed by atoms with E-state index in [-0.39, 0.29) is 23.9 Å². The van der Waals surface area contributed by atoms with E-state index in [0.717, 1.165) is 29.9 Å². The number of carboxylic acid groups (broad SMARTS) is 1. The number of methoxy groups -OCH3 is 1. The molecule has 1 aromatic rings. The van der Waals surface area contributed by atoms with Crippen LogP contribution in [0.25, 0.3) is 0 Å². The fraction of sp³-hybridized carbons (Fsp3) is 0.556. The molecule has 0 radical (unpaired) electrons. The van der Waals surface area contributed by atoms with Crippen molar-refractivity contribution in [1.29, 1.82) is 0 Å². The van der Waals surface area contributed by atoms with Crippen molar-refractivity contribution in [3.8, 4) is 11.5 Å². The topological polar surface area (TPSA) is 76.1 Å². The number of fused-ring (bicyclic) bond motifs is 3. The van der Waals surface area contributed by atoms with E-state index >= 15 is 0 Å². The first-order valence-electron chi connectivity index (χ1n) is 8.43. The third kappa shape index (κ3) is 2.32. The number of ether oxygens (including phenoxy) is 2. The molecule has 4 atom stereocenters. The summed E-state index contributed by atoms with van der Waals surface area (Å²) < 4.78 is 11.0. The molecule has 1 amide bonds. The fourth-order valence-electron chi connectivity index (χ4n) is 4.46. The molecule has 2 fully saturated rings. The van der Waals surface area contributed by atoms with Gasteiger partial charge in [0, 0.05) is 12.1 Å². The van der Waals surface area contributed by atoms with Gasteiger partial charge in [-0.2, -0.15) is 0 Å². The van der Waals surface area contributed by atoms with Crippen LogP contribution >= 0.6 is 0 Å². The van der Waals surface area contributed by atoms with Crippen LogP contribution in [0.3, 0.4) is 0 Å². The normalized spacial score (nSPS) is 30.6. The van der Waals surface area contributed by atoms with Gasteiger partial charge in [-0.15, -0.1) is 0 Å². The van der Waals surface area contributed by atoms with E-state index in [1.807, 2.05) is 23.1 Å². The molecule has 0 saturated carbocycles. The fourth-order valence-corrected chi connectivity index (χ4v) is 4.46. The van der Waals surface area contributed by atoms with Gasteiger partial charge in [-0.3, -0.25) is 9.59 Å². The molecule has 1 N–H and O–H groups in total. The van der Waals surface area contributed by atoms with Crippen LogP contribution in [0.4, 0.5) is 0 Å². The lowest BCUT2D eigenvalue weighted by molar-refractivity contribution is -0.144. The number of benzene rings is 1. The number of amides is 1. The Hall–Kier alpha value is -2.24. The van der Waals surface area contributed by atoms with E-state index in [0.29, 0.717) is 19.4 Å². The first-order chi connectivity index (χ1) is 11.6. The zero-order chi connectivity index (χ0) is 16.8. The molecule has 4 unspecified atom stereocenters. The van der Waals surface area contributed by atoms with Gasteiger partial charge in [-0.05, 0) is 49.4 Å². The van der Waals surface area contributed by atoms with Crippen molar-refractivity contribution in [3.05, 3.63) is 23.8 Å². The molecule has 0 aromatic heterocycles. The highest BCUT2D eigenvalue weighted by Crippen LogP contribution is 2.43. The molecule has 6 heteroatoms. The second-order valence-corrected chi connectivity index (χ2v) is 6.91. The molecule has 24 heavy (non-hydrogen) atoms. The molecular formula is C18H21NO5. The smallest absolute Gasteiger partial charge is 0.308 e. The van der Waals surface area contributed by atoms with Gasteiger partial charge in [-0.1, -0.05) is 0 Å². The number of hydrogen-bond acceptors (Lipinski definition) is 4. The average Bonchev–Trinajstić information content (AvgIpc) is 3.18. The number of carboxylic acids is 1. The van der Waals surface area contributed by atoms with E-state index < -0.39 is 11.9 Å². The van der Waals surface area contributed by atoms with Gasteiger partial charge in [-0.25, -0.2) is 0 Å². The molecule has 4 rings (SSSR count). The second-order valence-electron chi connectivity index (χ2n) is 6.91. The Balaban J connectivity index is 1.53. The van der Waals surface area contributed by atoms with Crippen molar-refractivity contribution in [2.75, 3.05) is 13.7 Å². The number of carbonyl (C=O) groups excluding carboxylic acids is 1. The van der Waals surface area contributed by atoms with Gasteiger partial charge in [0.2, 0.25) is 5.91 Å². The van der Waals surface area contributed by atoms with Crippen molar-refractivity contribution in [1.82, 2.24) is 4.90 Å². The summed E-state index contributed by atoms with van der Waals surface area (Å²) in [5.41, 5.74) is 0.972. The summed E-state index contributed by atoms with van der Waals surface area (Å²) in [7, 11) is 1.61. The Morgan fingerprint density at radius 2 is 2.17 bits per heavy atom. The van der Waals surface area contributed by atoms with Gasteiger partial charge in [0.05, 0.1) is 18.9 Å². The molecular weight excluding hydrogens is 310 g/mol. The number of aliphatic carboxylic acids is 1. The molecule has 3 aliphatic rings. The van der Waals surface area contributed by atoms with Gasteiger partial charge in [0.15, 0.2) is 0 Å². The third-order valence-electron chi connectivity index (χ3n) is 5.63. The summed E-state index contributed by atoms with van der Waals surface area (Å²) in [5.74, 6) is 0.143. The van der Waals surface area contributed by atoms with E-state index in [9.17, 15) is 14.7 Å². The van der Waals surface area contributed by atoms with Crippen LogP contribution < -0.4 is 9.47 Å². The van der Waals surface area contributed by atoms with Crippen molar-refractivity contribution in [2.45, 2.75) is 37.8 Å². The van der Waals surface area contributed by atoms with Crippen molar-refractivity contribution in [3.63, 3.8) is 0 Å². The summed E-state index contributed by atoms with van der Waals surface area (Å²) >= 11 is 0. The second kappa shape index (κ2) is 5.69. The molecule has 128 valence electrons. The van der Waals surface area contributed by atoms with Gasteiger partial charge in [0.1, 0.15) is 18.1 Å². The Morgan fingerprint density at radius 3 is 2.88 bits per heavy atom. The third-order valence-corrected chi connectivity index (χ3v) is 5.63. The van der Waals surface area contributed by atoms with Crippen LogP contribution in [-0.4, -0.2) is 47.7 Å². The molecule has 6 nitrogen and oxygen atoms in total. The van der Waals surface area contributed by atoms with Crippen molar-refractivity contribution in [2.24, 2.45) is 11.8 Å². The number of hydrogen-bond donors (Lipinski definition) is 1. The summed E-state index contributed by atoms with van der Waals surface area (Å²) in [6, 6.07) is 5.56. The highest BCUT2D eigenvalue weighted by molar-refractivity contribution is 5.83. The lowest BCUT2D eigenvalue weighted by atomic mass is 9.89. The maximum absolute atomic E-state index is 13.0. The van der Waals surface area contributed by atoms with Crippen LogP contribution in [0.5, 0.6) is 11.5 Å². The largest absolute Gasteiger partial charge is 0.497 e. The minimum atomic E-state index is -0.782. The van der Waals surface area contributed by atoms with Crippen LogP contribution in [0.15, 0.2) is 18.2 Å². The average molecular weight is 331 g/mol. The van der Waals surface area contributed by atoms with E-state index in [1.54, 1.807) is 7.11 Å². The summed E-state index contributed by atoms with van der Waals surface area (Å²) in [6.07, 6.45) is 2.91. The molecule has 0 aliphatic carbocycles. The zero-order valence-electron chi connectivity index (χ0n) is 13.6. The van der Waals surface area contributed by atoms with Crippen LogP contribution in [0, 0.1) is 11.8 Å². The predicted octanol–water partition coefficient (Wildman–Crippen LogP) is 1.71. The van der Waals surface area contributed by atoms with Gasteiger partial charge >= 0.3 is 5.97 Å². The van der Waals surface area contributed by atoms with E-state index in [4.69, 9.17) is 9.47 Å². The number of nitrogens with zero attached hydrogens (tertiary/aromatic N) is 1. The molecule has 1 aromatic carbocycles. The predicted molar refractivity (Wildman–Crippen MR) is 85.1 cm³/mol. The Labute approximate surface area is 140 Å². The zero-order valence-corrected chi connectivity index (χ0v) is 13.6. The highest BCUT2D eigenvalue weighted by atomic mass is 16.5.